The Bertz CT molecular complexity index is 2150. The molecule has 0 aliphatic carbocycles. The van der Waals surface area contributed by atoms with Crippen LogP contribution < -0.4 is 26.6 Å². The first-order chi connectivity index (χ1) is 36.4. The van der Waals surface area contributed by atoms with Crippen LogP contribution in [0.15, 0.2) is 0 Å². The third-order valence-corrected chi connectivity index (χ3v) is 14.7. The highest BCUT2D eigenvalue weighted by Gasteiger charge is 2.46. The highest BCUT2D eigenvalue weighted by molar-refractivity contribution is 5.98. The molecule has 0 radical (unpaired) electrons. The van der Waals surface area contributed by atoms with Crippen LogP contribution in [0.25, 0.3) is 0 Å². The Labute approximate surface area is 470 Å². The highest BCUT2D eigenvalue weighted by Crippen LogP contribution is 2.26. The Morgan fingerprint density at radius 3 is 1.49 bits per heavy atom. The summed E-state index contributed by atoms with van der Waals surface area (Å²) in [5.41, 5.74) is -3.96. The number of rotatable bonds is 16. The minimum atomic E-state index is -2.11. The number of carbonyl (C=O) groups excluding carboxylic acids is 12. The summed E-state index contributed by atoms with van der Waals surface area (Å²) in [7, 11) is 8.36. The van der Waals surface area contributed by atoms with Gasteiger partial charge in [0, 0.05) is 48.7 Å². The molecule has 450 valence electrons. The molecule has 1 fully saturated rings. The van der Waals surface area contributed by atoms with E-state index in [0.717, 1.165) is 9.80 Å². The molecule has 1 saturated heterocycles. The first-order valence-corrected chi connectivity index (χ1v) is 27.9. The van der Waals surface area contributed by atoms with E-state index >= 15 is 0 Å². The summed E-state index contributed by atoms with van der Waals surface area (Å²) in [5.74, 6) is -8.30. The van der Waals surface area contributed by atoms with Gasteiger partial charge in [-0.05, 0) is 80.5 Å². The molecule has 1 aliphatic rings. The Hall–Kier alpha value is -6.00. The molecule has 23 heteroatoms. The second-order valence-electron chi connectivity index (χ2n) is 24.3. The fourth-order valence-corrected chi connectivity index (χ4v) is 9.92. The fraction of sp³-hybridized carbons (Fsp3) is 0.786. The number of carbonyl (C=O) groups is 12. The van der Waals surface area contributed by atoms with Gasteiger partial charge >= 0.3 is 6.03 Å². The Balaban J connectivity index is 4.35. The summed E-state index contributed by atoms with van der Waals surface area (Å²) in [5, 5.41) is 13.6. The smallest absolute Gasteiger partial charge is 0.317 e. The van der Waals surface area contributed by atoms with Crippen molar-refractivity contribution in [2.45, 2.75) is 196 Å². The average molecular weight is 1120 g/mol. The number of likely N-dealkylation sites (N-methyl/N-ethyl adjacent to an activating group) is 6. The first kappa shape index (κ1) is 71.0. The van der Waals surface area contributed by atoms with Crippen LogP contribution >= 0.6 is 0 Å². The van der Waals surface area contributed by atoms with E-state index in [9.17, 15) is 57.5 Å². The molecular weight excluding hydrogens is 1020 g/mol. The SMILES string of the molecule is CCC1NC(=O)C(CC(C)CC=O)N(C)C(=O)C(C(C)C)N(C)C(=O)C(CC(C)C)N(C)C(=O)C(C(C)C)NC(=O)NC(C)(C=O)NC(=O)C(CC(C)C)N(C)C(=O)C(C(C)C)NC(C=O)(CC(C)C)N(C)C(=O)CN(C)C1=O. The van der Waals surface area contributed by atoms with Gasteiger partial charge in [0.25, 0.3) is 0 Å². The summed E-state index contributed by atoms with van der Waals surface area (Å²) in [4.78, 5) is 176. The average Bonchev–Trinajstić information content (AvgIpc) is 3.35. The van der Waals surface area contributed by atoms with Gasteiger partial charge in [0.15, 0.2) is 23.9 Å². The van der Waals surface area contributed by atoms with Crippen molar-refractivity contribution >= 4 is 72.1 Å². The third kappa shape index (κ3) is 19.4. The summed E-state index contributed by atoms with van der Waals surface area (Å²) < 4.78 is 0. The van der Waals surface area contributed by atoms with Gasteiger partial charge in [-0.2, -0.15) is 0 Å². The third-order valence-electron chi connectivity index (χ3n) is 14.7. The van der Waals surface area contributed by atoms with Gasteiger partial charge in [0.2, 0.25) is 47.3 Å². The largest absolute Gasteiger partial charge is 0.343 e. The number of nitrogens with zero attached hydrogens (tertiary/aromatic N) is 6. The van der Waals surface area contributed by atoms with Crippen molar-refractivity contribution < 1.29 is 57.5 Å². The van der Waals surface area contributed by atoms with Crippen LogP contribution in [-0.2, 0) is 52.7 Å². The second-order valence-corrected chi connectivity index (χ2v) is 24.3. The maximum absolute atomic E-state index is 14.9. The van der Waals surface area contributed by atoms with Crippen molar-refractivity contribution in [2.24, 2.45) is 41.4 Å². The van der Waals surface area contributed by atoms with Crippen molar-refractivity contribution in [1.82, 2.24) is 56.0 Å². The van der Waals surface area contributed by atoms with Crippen LogP contribution in [0.2, 0.25) is 0 Å². The molecule has 0 aromatic carbocycles. The number of urea groups is 1. The summed E-state index contributed by atoms with van der Waals surface area (Å²) in [6.07, 6.45) is 1.78. The lowest BCUT2D eigenvalue weighted by atomic mass is 9.92. The van der Waals surface area contributed by atoms with E-state index < -0.39 is 137 Å². The molecule has 1 rings (SSSR count). The number of nitrogens with one attached hydrogen (secondary N) is 5. The molecule has 10 atom stereocenters. The van der Waals surface area contributed by atoms with Crippen LogP contribution in [0.1, 0.15) is 142 Å². The van der Waals surface area contributed by atoms with Crippen molar-refractivity contribution in [3.63, 3.8) is 0 Å². The quantitative estimate of drug-likeness (QED) is 0.139. The molecule has 79 heavy (non-hydrogen) atoms. The highest BCUT2D eigenvalue weighted by atomic mass is 16.2. The van der Waals surface area contributed by atoms with E-state index in [-0.39, 0.29) is 56.3 Å². The maximum Gasteiger partial charge on any atom is 0.317 e. The van der Waals surface area contributed by atoms with Crippen LogP contribution in [0, 0.1) is 41.4 Å². The summed E-state index contributed by atoms with van der Waals surface area (Å²) >= 11 is 0. The zero-order valence-corrected chi connectivity index (χ0v) is 51.3. The van der Waals surface area contributed by atoms with Crippen LogP contribution in [0.3, 0.4) is 0 Å². The molecule has 0 spiro atoms. The lowest BCUT2D eigenvalue weighted by Gasteiger charge is -2.44. The predicted molar refractivity (Wildman–Crippen MR) is 300 cm³/mol. The maximum atomic E-state index is 14.9. The minimum absolute atomic E-state index is 0.00143. The molecular formula is C56H99N11O12. The van der Waals surface area contributed by atoms with E-state index in [1.54, 1.807) is 55.4 Å². The van der Waals surface area contributed by atoms with E-state index in [4.69, 9.17) is 0 Å². The zero-order valence-electron chi connectivity index (χ0n) is 51.3. The predicted octanol–water partition coefficient (Wildman–Crippen LogP) is 2.39. The fourth-order valence-electron chi connectivity index (χ4n) is 9.92. The Kier molecular flexibility index (Phi) is 28.0. The van der Waals surface area contributed by atoms with Gasteiger partial charge in [-0.1, -0.05) is 96.9 Å². The number of amides is 10. The molecule has 0 aromatic heterocycles. The molecule has 0 aromatic rings. The molecule has 10 amide bonds. The Morgan fingerprint density at radius 1 is 0.544 bits per heavy atom. The molecule has 0 bridgehead atoms. The van der Waals surface area contributed by atoms with Crippen molar-refractivity contribution in [3.8, 4) is 0 Å². The number of aldehydes is 3. The topological polar surface area (TPSA) is 284 Å². The van der Waals surface area contributed by atoms with Crippen LogP contribution in [-0.4, -0.2) is 204 Å². The van der Waals surface area contributed by atoms with E-state index in [1.165, 1.54) is 68.8 Å². The number of hydrogen-bond donors (Lipinski definition) is 5. The lowest BCUT2D eigenvalue weighted by molar-refractivity contribution is -0.154. The van der Waals surface area contributed by atoms with Gasteiger partial charge in [-0.25, -0.2) is 4.79 Å². The van der Waals surface area contributed by atoms with Crippen molar-refractivity contribution in [1.29, 1.82) is 0 Å². The standard InChI is InChI=1S/C56H99N11O12/c1-22-39-49(74)62(16)29-43(71)67(21)56(31-70,28-34(6)7)59-45(36(10)11)52(77)63(17)40(25-32(2)3)48(73)60-55(15,30-69)61-54(79)58-44(35(8)9)51(76)65(19)42(26-33(4)5)50(75)66(20)46(37(12)13)53(78)64(18)41(47(72)57-39)27-38(14)23-24-68/h24,30-42,44-46,59H,22-23,25-29H2,1-21H3,(H,57,72)(H,60,73)(H2,58,61,79). The van der Waals surface area contributed by atoms with Gasteiger partial charge in [-0.3, -0.25) is 53.3 Å². The van der Waals surface area contributed by atoms with Gasteiger partial charge in [0.1, 0.15) is 42.5 Å². The first-order valence-electron chi connectivity index (χ1n) is 27.9. The summed E-state index contributed by atoms with van der Waals surface area (Å²) in [6, 6.07) is -9.68. The van der Waals surface area contributed by atoms with E-state index in [0.29, 0.717) is 18.9 Å². The second kappa shape index (κ2) is 31.1. The normalized spacial score (nSPS) is 27.7. The van der Waals surface area contributed by atoms with E-state index in [1.807, 2.05) is 41.5 Å². The lowest BCUT2D eigenvalue weighted by Crippen LogP contribution is -2.69. The summed E-state index contributed by atoms with van der Waals surface area (Å²) in [6.45, 7) is 25.2. The monoisotopic (exact) mass is 1120 g/mol. The zero-order chi connectivity index (χ0) is 61.3. The van der Waals surface area contributed by atoms with E-state index in [2.05, 4.69) is 26.6 Å². The minimum Gasteiger partial charge on any atom is -0.343 e. The molecule has 5 N–H and O–H groups in total. The van der Waals surface area contributed by atoms with Gasteiger partial charge in [-0.15, -0.1) is 0 Å². The Morgan fingerprint density at radius 2 is 1.04 bits per heavy atom. The molecule has 0 saturated carbocycles. The van der Waals surface area contributed by atoms with Crippen LogP contribution in [0.5, 0.6) is 0 Å². The molecule has 1 heterocycles. The van der Waals surface area contributed by atoms with Crippen LogP contribution in [0.4, 0.5) is 4.79 Å². The van der Waals surface area contributed by atoms with Crippen molar-refractivity contribution in [3.05, 3.63) is 0 Å². The molecule has 23 nitrogen and oxygen atoms in total. The molecule has 10 unspecified atom stereocenters. The molecule has 1 aliphatic heterocycles. The number of hydrogen-bond acceptors (Lipinski definition) is 13. The van der Waals surface area contributed by atoms with Gasteiger partial charge in [0.05, 0.1) is 12.6 Å². The van der Waals surface area contributed by atoms with Gasteiger partial charge < -0.3 is 55.5 Å². The van der Waals surface area contributed by atoms with Crippen molar-refractivity contribution in [2.75, 3.05) is 48.8 Å².